The lowest BCUT2D eigenvalue weighted by Gasteiger charge is -2.27. The smallest absolute Gasteiger partial charge is 0.140 e. The van der Waals surface area contributed by atoms with E-state index in [-0.39, 0.29) is 10.8 Å². The van der Waals surface area contributed by atoms with Crippen molar-refractivity contribution in [3.63, 3.8) is 0 Å². The van der Waals surface area contributed by atoms with Crippen molar-refractivity contribution < 1.29 is 4.42 Å². The molecule has 9 aromatic carbocycles. The zero-order chi connectivity index (χ0) is 40.8. The van der Waals surface area contributed by atoms with E-state index in [1.54, 1.807) is 0 Å². The molecule has 13 rings (SSSR count). The molecule has 0 fully saturated rings. The lowest BCUT2D eigenvalue weighted by molar-refractivity contribution is 0.620. The van der Waals surface area contributed by atoms with Crippen LogP contribution in [-0.4, -0.2) is 4.57 Å². The van der Waals surface area contributed by atoms with Crippen molar-refractivity contribution in [1.29, 1.82) is 0 Å². The molecule has 0 atom stereocenters. The van der Waals surface area contributed by atoms with E-state index >= 15 is 0 Å². The fraction of sp³-hybridized carbons (Fsp3) is 0.103. The van der Waals surface area contributed by atoms with Crippen LogP contribution in [0, 0.1) is 0 Å². The number of fused-ring (bicyclic) bond motifs is 15. The van der Waals surface area contributed by atoms with Crippen molar-refractivity contribution in [3.8, 4) is 28.1 Å². The minimum atomic E-state index is -0.207. The standard InChI is InChI=1S/C58H42N2O/c1-57(2)46-22-13-12-21-42(46)43-30-31-45-52-48(23-14-24-50(52)61-56(45)54(43)57)59(39-27-25-35-15-8-9-17-37(35)33-39)40-28-29-44-49(34-40)60(38-18-6-5-7-19-38)55-51-41-20-11-10-16-36(41)26-32-47(51)58(3,4)53(44)55/h5-34H,1-4H3. The van der Waals surface area contributed by atoms with Crippen LogP contribution in [0.2, 0.25) is 0 Å². The third-order valence-electron chi connectivity index (χ3n) is 14.1. The lowest BCUT2D eigenvalue weighted by Crippen LogP contribution is -2.15. The van der Waals surface area contributed by atoms with Crippen LogP contribution in [0.5, 0.6) is 0 Å². The number of nitrogens with zero attached hydrogens (tertiary/aromatic N) is 2. The number of para-hydroxylation sites is 1. The summed E-state index contributed by atoms with van der Waals surface area (Å²) in [6.45, 7) is 9.47. The van der Waals surface area contributed by atoms with Crippen LogP contribution in [0.25, 0.3) is 82.5 Å². The molecule has 2 aliphatic carbocycles. The second-order valence-electron chi connectivity index (χ2n) is 18.1. The second kappa shape index (κ2) is 12.1. The maximum atomic E-state index is 7.04. The number of rotatable bonds is 4. The van der Waals surface area contributed by atoms with E-state index in [1.807, 2.05) is 0 Å². The van der Waals surface area contributed by atoms with E-state index in [0.717, 1.165) is 44.7 Å². The van der Waals surface area contributed by atoms with Crippen LogP contribution in [0.1, 0.15) is 49.9 Å². The summed E-state index contributed by atoms with van der Waals surface area (Å²) in [5, 5.41) is 8.49. The highest BCUT2D eigenvalue weighted by Gasteiger charge is 2.42. The monoisotopic (exact) mass is 782 g/mol. The van der Waals surface area contributed by atoms with Gasteiger partial charge in [0.25, 0.3) is 0 Å². The topological polar surface area (TPSA) is 21.3 Å². The van der Waals surface area contributed by atoms with Crippen molar-refractivity contribution in [2.45, 2.75) is 38.5 Å². The largest absolute Gasteiger partial charge is 0.456 e. The molecule has 0 unspecified atom stereocenters. The maximum Gasteiger partial charge on any atom is 0.140 e. The van der Waals surface area contributed by atoms with Gasteiger partial charge in [0.1, 0.15) is 11.2 Å². The first-order chi connectivity index (χ1) is 29.8. The molecule has 0 amide bonds. The molecule has 3 heteroatoms. The minimum absolute atomic E-state index is 0.205. The zero-order valence-electron chi connectivity index (χ0n) is 34.6. The molecule has 2 aromatic heterocycles. The average molecular weight is 783 g/mol. The molecule has 2 heterocycles. The van der Waals surface area contributed by atoms with Crippen LogP contribution < -0.4 is 4.90 Å². The summed E-state index contributed by atoms with van der Waals surface area (Å²) in [5.41, 5.74) is 17.6. The Hall–Kier alpha value is -7.36. The highest BCUT2D eigenvalue weighted by Crippen LogP contribution is 2.57. The quantitative estimate of drug-likeness (QED) is 0.177. The van der Waals surface area contributed by atoms with Crippen LogP contribution >= 0.6 is 0 Å². The summed E-state index contributed by atoms with van der Waals surface area (Å²) in [7, 11) is 0. The first-order valence-corrected chi connectivity index (χ1v) is 21.4. The summed E-state index contributed by atoms with van der Waals surface area (Å²) >= 11 is 0. The number of aromatic nitrogens is 1. The maximum absolute atomic E-state index is 7.04. The van der Waals surface area contributed by atoms with Gasteiger partial charge in [-0.05, 0) is 104 Å². The molecule has 3 nitrogen and oxygen atoms in total. The predicted octanol–water partition coefficient (Wildman–Crippen LogP) is 15.9. The number of hydrogen-bond donors (Lipinski definition) is 0. The molecule has 0 radical (unpaired) electrons. The Morgan fingerprint density at radius 1 is 0.475 bits per heavy atom. The Labute approximate surface area is 354 Å². The van der Waals surface area contributed by atoms with Gasteiger partial charge in [0.2, 0.25) is 0 Å². The molecule has 0 aliphatic heterocycles. The molecule has 0 N–H and O–H groups in total. The van der Waals surface area contributed by atoms with E-state index in [1.165, 1.54) is 77.1 Å². The molecule has 290 valence electrons. The lowest BCUT2D eigenvalue weighted by atomic mass is 9.81. The number of anilines is 3. The van der Waals surface area contributed by atoms with Gasteiger partial charge in [-0.15, -0.1) is 0 Å². The highest BCUT2D eigenvalue weighted by atomic mass is 16.3. The highest BCUT2D eigenvalue weighted by molar-refractivity contribution is 6.16. The van der Waals surface area contributed by atoms with E-state index < -0.39 is 0 Å². The summed E-state index contributed by atoms with van der Waals surface area (Å²) < 4.78 is 9.58. The molecule has 0 bridgehead atoms. The summed E-state index contributed by atoms with van der Waals surface area (Å²) in [6, 6.07) is 67.1. The van der Waals surface area contributed by atoms with Gasteiger partial charge < -0.3 is 13.9 Å². The zero-order valence-corrected chi connectivity index (χ0v) is 34.6. The molecular formula is C58H42N2O. The van der Waals surface area contributed by atoms with Gasteiger partial charge >= 0.3 is 0 Å². The summed E-state index contributed by atoms with van der Waals surface area (Å²) in [4.78, 5) is 2.46. The average Bonchev–Trinajstić information content (AvgIpc) is 3.98. The van der Waals surface area contributed by atoms with Crippen LogP contribution in [0.15, 0.2) is 186 Å². The van der Waals surface area contributed by atoms with Crippen molar-refractivity contribution in [2.24, 2.45) is 0 Å². The van der Waals surface area contributed by atoms with Crippen molar-refractivity contribution in [2.75, 3.05) is 4.90 Å². The summed E-state index contributed by atoms with van der Waals surface area (Å²) in [5.74, 6) is 0. The first-order valence-electron chi connectivity index (χ1n) is 21.4. The first kappa shape index (κ1) is 34.5. The fourth-order valence-electron chi connectivity index (χ4n) is 11.4. The molecule has 0 saturated heterocycles. The van der Waals surface area contributed by atoms with E-state index in [4.69, 9.17) is 4.42 Å². The predicted molar refractivity (Wildman–Crippen MR) is 255 cm³/mol. The van der Waals surface area contributed by atoms with Gasteiger partial charge in [-0.1, -0.05) is 155 Å². The van der Waals surface area contributed by atoms with Gasteiger partial charge in [0.05, 0.1) is 22.3 Å². The fourth-order valence-corrected chi connectivity index (χ4v) is 11.4. The van der Waals surface area contributed by atoms with Gasteiger partial charge in [0, 0.05) is 49.8 Å². The molecule has 0 spiro atoms. The molecule has 0 saturated carbocycles. The Morgan fingerprint density at radius 2 is 1.16 bits per heavy atom. The van der Waals surface area contributed by atoms with Crippen molar-refractivity contribution in [3.05, 3.63) is 204 Å². The Balaban J connectivity index is 1.11. The van der Waals surface area contributed by atoms with Gasteiger partial charge in [0.15, 0.2) is 0 Å². The SMILES string of the molecule is CC1(C)c2ccc3ccccc3c2-c2c1c1ccc(N(c3ccc4ccccc4c3)c3cccc4oc5c6c(ccc5c34)-c3ccccc3C6(C)C)cc1n2-c1ccccc1. The van der Waals surface area contributed by atoms with Gasteiger partial charge in [-0.3, -0.25) is 0 Å². The van der Waals surface area contributed by atoms with E-state index in [2.05, 4.69) is 219 Å². The third kappa shape index (κ3) is 4.58. The van der Waals surface area contributed by atoms with Gasteiger partial charge in [-0.25, -0.2) is 0 Å². The van der Waals surface area contributed by atoms with Crippen molar-refractivity contribution >= 4 is 71.4 Å². The molecule has 11 aromatic rings. The molecule has 61 heavy (non-hydrogen) atoms. The van der Waals surface area contributed by atoms with Gasteiger partial charge in [-0.2, -0.15) is 0 Å². The number of furan rings is 1. The normalized spacial score (nSPS) is 14.5. The number of hydrogen-bond acceptors (Lipinski definition) is 2. The summed E-state index contributed by atoms with van der Waals surface area (Å²) in [6.07, 6.45) is 0. The Morgan fingerprint density at radius 3 is 2.03 bits per heavy atom. The van der Waals surface area contributed by atoms with Crippen molar-refractivity contribution in [1.82, 2.24) is 4.57 Å². The number of benzene rings is 9. The Bertz CT molecular complexity index is 3660. The molecule has 2 aliphatic rings. The van der Waals surface area contributed by atoms with E-state index in [0.29, 0.717) is 0 Å². The minimum Gasteiger partial charge on any atom is -0.456 e. The van der Waals surface area contributed by atoms with Crippen LogP contribution in [0.4, 0.5) is 17.1 Å². The second-order valence-corrected chi connectivity index (χ2v) is 18.1. The Kier molecular flexibility index (Phi) is 6.85. The third-order valence-corrected chi connectivity index (χ3v) is 14.1. The van der Waals surface area contributed by atoms with E-state index in [9.17, 15) is 0 Å². The van der Waals surface area contributed by atoms with Crippen LogP contribution in [0.3, 0.4) is 0 Å². The van der Waals surface area contributed by atoms with Crippen LogP contribution in [-0.2, 0) is 10.8 Å². The molecular weight excluding hydrogens is 741 g/mol.